The molecule has 0 radical (unpaired) electrons. The zero-order valence-corrected chi connectivity index (χ0v) is 8.47. The fourth-order valence-electron chi connectivity index (χ4n) is 1.60. The van der Waals surface area contributed by atoms with Crippen LogP contribution in [0, 0.1) is 0 Å². The molecule has 1 N–H and O–H groups in total. The molecule has 1 heterocycles. The number of rotatable bonds is 4. The molecular formula is C11H14N2O2. The molecule has 1 amide bonds. The average Bonchev–Trinajstić information content (AvgIpc) is 3.10. The molecule has 0 aliphatic heterocycles. The van der Waals surface area contributed by atoms with E-state index in [0.717, 1.165) is 12.8 Å². The molecule has 0 bridgehead atoms. The number of aliphatic hydroxyl groups is 1. The highest BCUT2D eigenvalue weighted by molar-refractivity contribution is 5.94. The van der Waals surface area contributed by atoms with Crippen LogP contribution in [0.25, 0.3) is 0 Å². The van der Waals surface area contributed by atoms with Crippen LogP contribution in [0.15, 0.2) is 24.5 Å². The number of pyridine rings is 1. The van der Waals surface area contributed by atoms with E-state index < -0.39 is 0 Å². The van der Waals surface area contributed by atoms with Crippen molar-refractivity contribution in [1.82, 2.24) is 9.88 Å². The van der Waals surface area contributed by atoms with E-state index in [0.29, 0.717) is 18.2 Å². The van der Waals surface area contributed by atoms with Gasteiger partial charge in [0, 0.05) is 25.0 Å². The Kier molecular flexibility index (Phi) is 2.97. The maximum absolute atomic E-state index is 12.0. The Hall–Kier alpha value is -1.42. The van der Waals surface area contributed by atoms with Crippen molar-refractivity contribution < 1.29 is 9.90 Å². The minimum atomic E-state index is -0.0281. The smallest absolute Gasteiger partial charge is 0.255 e. The fourth-order valence-corrected chi connectivity index (χ4v) is 1.60. The first kappa shape index (κ1) is 10.1. The van der Waals surface area contributed by atoms with E-state index in [1.165, 1.54) is 0 Å². The van der Waals surface area contributed by atoms with Crippen molar-refractivity contribution in [3.63, 3.8) is 0 Å². The molecule has 2 rings (SSSR count). The van der Waals surface area contributed by atoms with Gasteiger partial charge in [-0.3, -0.25) is 9.78 Å². The minimum Gasteiger partial charge on any atom is -0.395 e. The van der Waals surface area contributed by atoms with Crippen LogP contribution in [0.5, 0.6) is 0 Å². The second kappa shape index (κ2) is 4.40. The lowest BCUT2D eigenvalue weighted by Crippen LogP contribution is -2.35. The van der Waals surface area contributed by atoms with E-state index in [-0.39, 0.29) is 12.5 Å². The Morgan fingerprint density at radius 3 is 2.93 bits per heavy atom. The predicted molar refractivity (Wildman–Crippen MR) is 55.4 cm³/mol. The van der Waals surface area contributed by atoms with Gasteiger partial charge in [-0.2, -0.15) is 0 Å². The zero-order chi connectivity index (χ0) is 10.7. The first-order chi connectivity index (χ1) is 7.33. The zero-order valence-electron chi connectivity index (χ0n) is 8.47. The monoisotopic (exact) mass is 206 g/mol. The van der Waals surface area contributed by atoms with Gasteiger partial charge in [-0.25, -0.2) is 0 Å². The van der Waals surface area contributed by atoms with E-state index in [9.17, 15) is 4.79 Å². The molecule has 0 aromatic carbocycles. The van der Waals surface area contributed by atoms with Crippen LogP contribution in [0.1, 0.15) is 23.2 Å². The molecule has 1 aliphatic rings. The highest BCUT2D eigenvalue weighted by Gasteiger charge is 2.32. The van der Waals surface area contributed by atoms with Crippen LogP contribution in [0.2, 0.25) is 0 Å². The molecule has 1 fully saturated rings. The summed E-state index contributed by atoms with van der Waals surface area (Å²) in [5.74, 6) is -0.0281. The Balaban J connectivity index is 2.10. The van der Waals surface area contributed by atoms with E-state index in [2.05, 4.69) is 4.98 Å². The maximum Gasteiger partial charge on any atom is 0.255 e. The minimum absolute atomic E-state index is 0.0164. The number of nitrogens with zero attached hydrogens (tertiary/aromatic N) is 2. The number of hydrogen-bond acceptors (Lipinski definition) is 3. The van der Waals surface area contributed by atoms with E-state index in [4.69, 9.17) is 5.11 Å². The summed E-state index contributed by atoms with van der Waals surface area (Å²) < 4.78 is 0. The molecule has 4 heteroatoms. The van der Waals surface area contributed by atoms with Crippen LogP contribution in [-0.2, 0) is 0 Å². The van der Waals surface area contributed by atoms with Crippen LogP contribution in [0.4, 0.5) is 0 Å². The standard InChI is InChI=1S/C11H14N2O2/c14-7-6-13(10-3-4-10)11(15)9-2-1-5-12-8-9/h1-2,5,8,10,14H,3-4,6-7H2. The fraction of sp³-hybridized carbons (Fsp3) is 0.455. The van der Waals surface area contributed by atoms with Gasteiger partial charge in [0.1, 0.15) is 0 Å². The molecule has 1 aromatic heterocycles. The van der Waals surface area contributed by atoms with Gasteiger partial charge >= 0.3 is 0 Å². The first-order valence-electron chi connectivity index (χ1n) is 5.15. The van der Waals surface area contributed by atoms with Crippen LogP contribution in [0.3, 0.4) is 0 Å². The van der Waals surface area contributed by atoms with Gasteiger partial charge in [0.25, 0.3) is 5.91 Å². The highest BCUT2D eigenvalue weighted by atomic mass is 16.3. The SMILES string of the molecule is O=C(c1cccnc1)N(CCO)C1CC1. The predicted octanol–water partition coefficient (Wildman–Crippen LogP) is 0.678. The van der Waals surface area contributed by atoms with E-state index in [1.807, 2.05) is 0 Å². The van der Waals surface area contributed by atoms with Crippen molar-refractivity contribution in [2.45, 2.75) is 18.9 Å². The van der Waals surface area contributed by atoms with Gasteiger partial charge in [0.2, 0.25) is 0 Å². The summed E-state index contributed by atoms with van der Waals surface area (Å²) in [5.41, 5.74) is 0.595. The lowest BCUT2D eigenvalue weighted by atomic mass is 10.2. The average molecular weight is 206 g/mol. The van der Waals surface area contributed by atoms with Crippen molar-refractivity contribution in [3.8, 4) is 0 Å². The molecule has 0 spiro atoms. The molecule has 4 nitrogen and oxygen atoms in total. The lowest BCUT2D eigenvalue weighted by molar-refractivity contribution is 0.0707. The highest BCUT2D eigenvalue weighted by Crippen LogP contribution is 2.27. The van der Waals surface area contributed by atoms with Crippen LogP contribution >= 0.6 is 0 Å². The van der Waals surface area contributed by atoms with Gasteiger partial charge in [0.15, 0.2) is 0 Å². The summed E-state index contributed by atoms with van der Waals surface area (Å²) in [4.78, 5) is 17.6. The number of amides is 1. The topological polar surface area (TPSA) is 53.4 Å². The lowest BCUT2D eigenvalue weighted by Gasteiger charge is -2.20. The number of hydrogen-bond donors (Lipinski definition) is 1. The third-order valence-electron chi connectivity index (χ3n) is 2.50. The van der Waals surface area contributed by atoms with Crippen molar-refractivity contribution >= 4 is 5.91 Å². The molecule has 80 valence electrons. The van der Waals surface area contributed by atoms with Gasteiger partial charge in [-0.05, 0) is 25.0 Å². The number of carbonyl (C=O) groups excluding carboxylic acids is 1. The summed E-state index contributed by atoms with van der Waals surface area (Å²) in [6, 6.07) is 3.82. The van der Waals surface area contributed by atoms with Crippen molar-refractivity contribution in [2.24, 2.45) is 0 Å². The number of aliphatic hydroxyl groups excluding tert-OH is 1. The third-order valence-corrected chi connectivity index (χ3v) is 2.50. The molecule has 1 saturated carbocycles. The Bertz CT molecular complexity index is 336. The Morgan fingerprint density at radius 1 is 1.60 bits per heavy atom. The van der Waals surface area contributed by atoms with E-state index in [1.54, 1.807) is 29.4 Å². The first-order valence-corrected chi connectivity index (χ1v) is 5.15. The third kappa shape index (κ3) is 2.33. The number of carbonyl (C=O) groups is 1. The van der Waals surface area contributed by atoms with Crippen LogP contribution in [-0.4, -0.2) is 40.1 Å². The normalized spacial score (nSPS) is 15.0. The van der Waals surface area contributed by atoms with Crippen molar-refractivity contribution in [2.75, 3.05) is 13.2 Å². The summed E-state index contributed by atoms with van der Waals surface area (Å²) in [5, 5.41) is 8.90. The van der Waals surface area contributed by atoms with Gasteiger partial charge in [-0.15, -0.1) is 0 Å². The Labute approximate surface area is 88.6 Å². The van der Waals surface area contributed by atoms with Gasteiger partial charge in [0.05, 0.1) is 12.2 Å². The molecule has 0 unspecified atom stereocenters. The maximum atomic E-state index is 12.0. The van der Waals surface area contributed by atoms with Crippen LogP contribution < -0.4 is 0 Å². The number of aromatic nitrogens is 1. The van der Waals surface area contributed by atoms with E-state index >= 15 is 0 Å². The summed E-state index contributed by atoms with van der Waals surface area (Å²) in [6.45, 7) is 0.431. The molecular weight excluding hydrogens is 192 g/mol. The van der Waals surface area contributed by atoms with Crippen molar-refractivity contribution in [3.05, 3.63) is 30.1 Å². The molecule has 1 aliphatic carbocycles. The quantitative estimate of drug-likeness (QED) is 0.788. The summed E-state index contributed by atoms with van der Waals surface area (Å²) in [6.07, 6.45) is 5.30. The molecule has 15 heavy (non-hydrogen) atoms. The Morgan fingerprint density at radius 2 is 2.40 bits per heavy atom. The summed E-state index contributed by atoms with van der Waals surface area (Å²) in [7, 11) is 0. The molecule has 0 saturated heterocycles. The second-order valence-electron chi connectivity index (χ2n) is 3.70. The second-order valence-corrected chi connectivity index (χ2v) is 3.70. The van der Waals surface area contributed by atoms with Gasteiger partial charge < -0.3 is 10.0 Å². The molecule has 0 atom stereocenters. The van der Waals surface area contributed by atoms with Crippen molar-refractivity contribution in [1.29, 1.82) is 0 Å². The van der Waals surface area contributed by atoms with Gasteiger partial charge in [-0.1, -0.05) is 0 Å². The molecule has 1 aromatic rings. The largest absolute Gasteiger partial charge is 0.395 e. The summed E-state index contributed by atoms with van der Waals surface area (Å²) >= 11 is 0.